The molecule has 2 N–H and O–H groups in total. The van der Waals surface area contributed by atoms with Crippen molar-refractivity contribution in [3.05, 3.63) is 18.7 Å². The number of rotatable bonds is 6. The van der Waals surface area contributed by atoms with E-state index < -0.39 is 12.0 Å². The minimum absolute atomic E-state index is 0.129. The van der Waals surface area contributed by atoms with Crippen LogP contribution in [0.2, 0.25) is 0 Å². The van der Waals surface area contributed by atoms with Gasteiger partial charge in [0.15, 0.2) is 0 Å². The third kappa shape index (κ3) is 4.20. The summed E-state index contributed by atoms with van der Waals surface area (Å²) in [5, 5.41) is 11.5. The van der Waals surface area contributed by atoms with Crippen molar-refractivity contribution in [2.45, 2.75) is 32.9 Å². The number of nitrogens with zero attached hydrogens (tertiary/aromatic N) is 2. The van der Waals surface area contributed by atoms with Crippen molar-refractivity contribution in [1.29, 1.82) is 0 Å². The molecule has 0 aliphatic rings. The van der Waals surface area contributed by atoms with Crippen LogP contribution in [0.15, 0.2) is 18.7 Å². The van der Waals surface area contributed by atoms with Gasteiger partial charge in [-0.2, -0.15) is 0 Å². The average molecular weight is 254 g/mol. The number of nitrogens with one attached hydrogen (secondary N) is 1. The van der Waals surface area contributed by atoms with Gasteiger partial charge in [-0.1, -0.05) is 13.8 Å². The van der Waals surface area contributed by atoms with E-state index >= 15 is 0 Å². The van der Waals surface area contributed by atoms with Crippen molar-refractivity contribution in [1.82, 2.24) is 9.88 Å². The first kappa shape index (κ1) is 14.2. The largest absolute Gasteiger partial charge is 0.480 e. The highest BCUT2D eigenvalue weighted by Crippen LogP contribution is 2.02. The van der Waals surface area contributed by atoms with Gasteiger partial charge in [-0.25, -0.2) is 13.9 Å². The highest BCUT2D eigenvalue weighted by Gasteiger charge is 2.23. The van der Waals surface area contributed by atoms with Crippen LogP contribution < -0.4 is 9.88 Å². The zero-order chi connectivity index (χ0) is 13.7. The van der Waals surface area contributed by atoms with Crippen molar-refractivity contribution in [3.8, 4) is 0 Å². The van der Waals surface area contributed by atoms with E-state index in [0.29, 0.717) is 6.54 Å². The summed E-state index contributed by atoms with van der Waals surface area (Å²) in [6.07, 6.45) is 5.88. The van der Waals surface area contributed by atoms with Gasteiger partial charge in [-0.15, -0.1) is 0 Å². The van der Waals surface area contributed by atoms with Crippen molar-refractivity contribution < 1.29 is 19.3 Å². The molecule has 1 aromatic heterocycles. The van der Waals surface area contributed by atoms with Crippen LogP contribution in [0.1, 0.15) is 20.3 Å². The van der Waals surface area contributed by atoms with Gasteiger partial charge in [-0.05, 0) is 5.92 Å². The molecule has 1 atom stereocenters. The fraction of sp³-hybridized carbons (Fsp3) is 0.583. The van der Waals surface area contributed by atoms with Crippen LogP contribution in [-0.4, -0.2) is 27.6 Å². The van der Waals surface area contributed by atoms with E-state index in [-0.39, 0.29) is 18.2 Å². The van der Waals surface area contributed by atoms with Crippen molar-refractivity contribution >= 4 is 11.9 Å². The molecule has 0 aliphatic carbocycles. The molecule has 0 saturated heterocycles. The highest BCUT2D eigenvalue weighted by molar-refractivity contribution is 5.83. The summed E-state index contributed by atoms with van der Waals surface area (Å²) in [4.78, 5) is 22.6. The predicted molar refractivity (Wildman–Crippen MR) is 64.6 cm³/mol. The molecule has 0 radical (unpaired) electrons. The standard InChI is InChI=1S/C12H19N3O3/c1-9(2)11(12(17)18)13-10(16)4-5-15-7-6-14(3)8-15/h6-9,11H,4-5H2,1-3H3,(H-,13,16,17,18)/p+1. The van der Waals surface area contributed by atoms with Gasteiger partial charge in [0.1, 0.15) is 18.4 Å². The number of imidazole rings is 1. The Hall–Kier alpha value is -1.85. The van der Waals surface area contributed by atoms with E-state index in [9.17, 15) is 9.59 Å². The van der Waals surface area contributed by atoms with Gasteiger partial charge in [0.05, 0.1) is 20.0 Å². The Morgan fingerprint density at radius 3 is 2.56 bits per heavy atom. The van der Waals surface area contributed by atoms with Gasteiger partial charge in [0, 0.05) is 0 Å². The first-order valence-electron chi connectivity index (χ1n) is 5.93. The first-order chi connectivity index (χ1) is 8.40. The van der Waals surface area contributed by atoms with Crippen molar-refractivity contribution in [2.75, 3.05) is 0 Å². The van der Waals surface area contributed by atoms with Crippen molar-refractivity contribution in [3.63, 3.8) is 0 Å². The fourth-order valence-corrected chi connectivity index (χ4v) is 1.62. The van der Waals surface area contributed by atoms with E-state index in [4.69, 9.17) is 5.11 Å². The summed E-state index contributed by atoms with van der Waals surface area (Å²) in [6.45, 7) is 4.08. The zero-order valence-electron chi connectivity index (χ0n) is 11.0. The second kappa shape index (κ2) is 6.18. The van der Waals surface area contributed by atoms with Gasteiger partial charge in [0.25, 0.3) is 0 Å². The van der Waals surface area contributed by atoms with Gasteiger partial charge in [0.2, 0.25) is 12.2 Å². The molecule has 0 bridgehead atoms. The lowest BCUT2D eigenvalue weighted by Gasteiger charge is -2.17. The quantitative estimate of drug-likeness (QED) is 0.698. The topological polar surface area (TPSA) is 75.2 Å². The molecule has 0 fully saturated rings. The summed E-state index contributed by atoms with van der Waals surface area (Å²) < 4.78 is 3.76. The average Bonchev–Trinajstić information content (AvgIpc) is 2.68. The van der Waals surface area contributed by atoms with Crippen LogP contribution in [0.3, 0.4) is 0 Å². The zero-order valence-corrected chi connectivity index (χ0v) is 11.0. The lowest BCUT2D eigenvalue weighted by atomic mass is 10.0. The second-order valence-corrected chi connectivity index (χ2v) is 4.69. The Kier molecular flexibility index (Phi) is 4.88. The highest BCUT2D eigenvalue weighted by atomic mass is 16.4. The fourth-order valence-electron chi connectivity index (χ4n) is 1.62. The Morgan fingerprint density at radius 1 is 1.44 bits per heavy atom. The minimum Gasteiger partial charge on any atom is -0.480 e. The molecule has 100 valence electrons. The molecule has 1 rings (SSSR count). The third-order valence-electron chi connectivity index (χ3n) is 2.67. The third-order valence-corrected chi connectivity index (χ3v) is 2.67. The number of aromatic nitrogens is 2. The molecular formula is C12H20N3O3+. The molecule has 1 aromatic rings. The van der Waals surface area contributed by atoms with Gasteiger partial charge in [-0.3, -0.25) is 4.79 Å². The lowest BCUT2D eigenvalue weighted by Crippen LogP contribution is -2.44. The molecule has 6 nitrogen and oxygen atoms in total. The number of hydrogen-bond acceptors (Lipinski definition) is 2. The number of amides is 1. The maximum Gasteiger partial charge on any atom is 0.326 e. The van der Waals surface area contributed by atoms with Crippen LogP contribution in [0.25, 0.3) is 0 Å². The summed E-state index contributed by atoms with van der Waals surface area (Å²) in [5.41, 5.74) is 0. The number of carbonyl (C=O) groups excluding carboxylic acids is 1. The maximum absolute atomic E-state index is 11.6. The SMILES string of the molecule is CC(C)C(NC(=O)CCn1cc[n+](C)c1)C(=O)O. The van der Waals surface area contributed by atoms with Crippen LogP contribution in [0.5, 0.6) is 0 Å². The monoisotopic (exact) mass is 254 g/mol. The Labute approximate surface area is 106 Å². The Morgan fingerprint density at radius 2 is 2.11 bits per heavy atom. The molecule has 6 heteroatoms. The molecule has 0 aliphatic heterocycles. The summed E-state index contributed by atoms with van der Waals surface area (Å²) in [6, 6.07) is -0.821. The molecular weight excluding hydrogens is 234 g/mol. The number of aliphatic carboxylic acids is 1. The van der Waals surface area contributed by atoms with Crippen LogP contribution >= 0.6 is 0 Å². The summed E-state index contributed by atoms with van der Waals surface area (Å²) >= 11 is 0. The molecule has 1 heterocycles. The second-order valence-electron chi connectivity index (χ2n) is 4.69. The smallest absolute Gasteiger partial charge is 0.326 e. The van der Waals surface area contributed by atoms with Crippen LogP contribution in [0.4, 0.5) is 0 Å². The molecule has 0 spiro atoms. The Bertz CT molecular complexity index is 426. The molecule has 0 aromatic carbocycles. The minimum atomic E-state index is -0.995. The van der Waals surface area contributed by atoms with E-state index in [1.165, 1.54) is 0 Å². The van der Waals surface area contributed by atoms with Crippen molar-refractivity contribution in [2.24, 2.45) is 13.0 Å². The summed E-state index contributed by atoms with van der Waals surface area (Å²) in [5.74, 6) is -1.37. The van der Waals surface area contributed by atoms with Gasteiger partial charge < -0.3 is 10.4 Å². The van der Waals surface area contributed by atoms with E-state index in [0.717, 1.165) is 0 Å². The number of aryl methyl sites for hydroxylation is 2. The summed E-state index contributed by atoms with van der Waals surface area (Å²) in [7, 11) is 1.90. The number of carboxylic acid groups (broad SMARTS) is 1. The molecule has 1 amide bonds. The van der Waals surface area contributed by atoms with Gasteiger partial charge >= 0.3 is 5.97 Å². The number of carbonyl (C=O) groups is 2. The van der Waals surface area contributed by atoms with Crippen LogP contribution in [-0.2, 0) is 23.2 Å². The molecule has 18 heavy (non-hydrogen) atoms. The Balaban J connectivity index is 2.43. The number of carboxylic acids is 1. The van der Waals surface area contributed by atoms with E-state index in [2.05, 4.69) is 5.32 Å². The van der Waals surface area contributed by atoms with E-state index in [1.54, 1.807) is 13.8 Å². The first-order valence-corrected chi connectivity index (χ1v) is 5.93. The normalized spacial score (nSPS) is 12.4. The maximum atomic E-state index is 11.6. The predicted octanol–water partition coefficient (Wildman–Crippen LogP) is -0.0719. The number of hydrogen-bond donors (Lipinski definition) is 2. The van der Waals surface area contributed by atoms with Crippen LogP contribution in [0, 0.1) is 5.92 Å². The molecule has 1 unspecified atom stereocenters. The lowest BCUT2D eigenvalue weighted by molar-refractivity contribution is -0.671. The van der Waals surface area contributed by atoms with E-state index in [1.807, 2.05) is 34.9 Å². The molecule has 0 saturated carbocycles.